The Balaban J connectivity index is 3.49. The average Bonchev–Trinajstić information content (AvgIpc) is 2.02. The first-order valence-corrected chi connectivity index (χ1v) is 5.77. The third-order valence-electron chi connectivity index (χ3n) is 2.41. The Morgan fingerprint density at radius 1 is 1.36 bits per heavy atom. The van der Waals surface area contributed by atoms with Crippen molar-refractivity contribution in [2.75, 3.05) is 0 Å². The lowest BCUT2D eigenvalue weighted by atomic mass is 9.98. The second-order valence-electron chi connectivity index (χ2n) is 4.57. The predicted molar refractivity (Wildman–Crippen MR) is 62.5 cm³/mol. The van der Waals surface area contributed by atoms with Crippen LogP contribution in [0.3, 0.4) is 0 Å². The van der Waals surface area contributed by atoms with E-state index in [1.54, 1.807) is 0 Å². The van der Waals surface area contributed by atoms with Crippen LogP contribution in [0.4, 0.5) is 0 Å². The van der Waals surface area contributed by atoms with Crippen molar-refractivity contribution in [3.05, 3.63) is 0 Å². The van der Waals surface area contributed by atoms with Gasteiger partial charge in [0, 0.05) is 0 Å². The molecule has 1 N–H and O–H groups in total. The maximum atomic E-state index is 10.9. The molecule has 0 aliphatic rings. The Morgan fingerprint density at radius 3 is 2.36 bits per heavy atom. The number of aliphatic hydroxyl groups is 1. The average molecular weight is 218 g/mol. The lowest BCUT2D eigenvalue weighted by Gasteiger charge is -2.18. The fourth-order valence-electron chi connectivity index (χ4n) is 1.31. The minimum atomic E-state index is -1.24. The number of thiol groups is 1. The summed E-state index contributed by atoms with van der Waals surface area (Å²) in [6.07, 6.45) is 4.89. The van der Waals surface area contributed by atoms with E-state index in [0.717, 1.165) is 18.8 Å². The van der Waals surface area contributed by atoms with Gasteiger partial charge in [-0.3, -0.25) is 4.79 Å². The van der Waals surface area contributed by atoms with Gasteiger partial charge in [-0.05, 0) is 19.3 Å². The van der Waals surface area contributed by atoms with E-state index >= 15 is 0 Å². The summed E-state index contributed by atoms with van der Waals surface area (Å²) in [6.45, 7) is 5.94. The fourth-order valence-corrected chi connectivity index (χ4v) is 1.42. The summed E-state index contributed by atoms with van der Waals surface area (Å²) in [7, 11) is 0. The molecule has 0 spiro atoms. The highest BCUT2D eigenvalue weighted by Gasteiger charge is 2.26. The van der Waals surface area contributed by atoms with Gasteiger partial charge in [0.05, 0.1) is 0 Å². The maximum absolute atomic E-state index is 10.9. The van der Waals surface area contributed by atoms with Crippen molar-refractivity contribution < 1.29 is 9.90 Å². The van der Waals surface area contributed by atoms with E-state index in [-0.39, 0.29) is 0 Å². The van der Waals surface area contributed by atoms with Gasteiger partial charge in [-0.1, -0.05) is 39.5 Å². The third-order valence-corrected chi connectivity index (χ3v) is 2.89. The van der Waals surface area contributed by atoms with Gasteiger partial charge in [0.1, 0.15) is 5.60 Å². The second-order valence-corrected chi connectivity index (χ2v) is 4.98. The SMILES string of the molecule is CC(C)CCCCCC(C)(O)C(=O)S. The molecule has 0 amide bonds. The first-order valence-electron chi connectivity index (χ1n) is 5.32. The van der Waals surface area contributed by atoms with E-state index in [1.807, 2.05) is 0 Å². The normalized spacial score (nSPS) is 15.6. The smallest absolute Gasteiger partial charge is 0.217 e. The van der Waals surface area contributed by atoms with Crippen molar-refractivity contribution in [2.45, 2.75) is 58.5 Å². The maximum Gasteiger partial charge on any atom is 0.217 e. The molecule has 0 aromatic rings. The highest BCUT2D eigenvalue weighted by molar-refractivity contribution is 7.96. The first kappa shape index (κ1) is 14.0. The molecular weight excluding hydrogens is 196 g/mol. The predicted octanol–water partition coefficient (Wildman–Crippen LogP) is 2.80. The Bertz CT molecular complexity index is 176. The van der Waals surface area contributed by atoms with Crippen LogP contribution in [0.15, 0.2) is 0 Å². The van der Waals surface area contributed by atoms with Gasteiger partial charge in [-0.2, -0.15) is 0 Å². The molecule has 0 aromatic heterocycles. The molecule has 0 saturated heterocycles. The first-order chi connectivity index (χ1) is 6.36. The standard InChI is InChI=1S/C11H22O2S/c1-9(2)7-5-4-6-8-11(3,13)10(12)14/h9,13H,4-8H2,1-3H3,(H,12,14). The Hall–Kier alpha value is -0.0200. The molecule has 84 valence electrons. The number of hydrogen-bond acceptors (Lipinski definition) is 2. The van der Waals surface area contributed by atoms with Crippen LogP contribution >= 0.6 is 12.6 Å². The summed E-state index contributed by atoms with van der Waals surface area (Å²) in [4.78, 5) is 10.9. The monoisotopic (exact) mass is 218 g/mol. The van der Waals surface area contributed by atoms with Crippen molar-refractivity contribution in [3.63, 3.8) is 0 Å². The minimum Gasteiger partial charge on any atom is -0.381 e. The molecule has 0 bridgehead atoms. The molecule has 0 aliphatic carbocycles. The summed E-state index contributed by atoms with van der Waals surface area (Å²) in [5, 5.41) is 9.15. The van der Waals surface area contributed by atoms with Crippen molar-refractivity contribution in [3.8, 4) is 0 Å². The zero-order valence-corrected chi connectivity index (χ0v) is 10.3. The molecule has 0 rings (SSSR count). The van der Waals surface area contributed by atoms with Crippen molar-refractivity contribution >= 4 is 17.7 Å². The van der Waals surface area contributed by atoms with Crippen LogP contribution in [0.1, 0.15) is 52.9 Å². The summed E-state index contributed by atoms with van der Waals surface area (Å²) < 4.78 is 0. The van der Waals surface area contributed by atoms with Gasteiger partial charge in [0.2, 0.25) is 5.12 Å². The second kappa shape index (κ2) is 6.46. The molecule has 0 radical (unpaired) electrons. The van der Waals surface area contributed by atoms with Crippen LogP contribution in [0.25, 0.3) is 0 Å². The van der Waals surface area contributed by atoms with E-state index < -0.39 is 10.7 Å². The molecule has 14 heavy (non-hydrogen) atoms. The molecular formula is C11H22O2S. The van der Waals surface area contributed by atoms with E-state index in [2.05, 4.69) is 26.5 Å². The van der Waals surface area contributed by atoms with Crippen molar-refractivity contribution in [1.29, 1.82) is 0 Å². The third kappa shape index (κ3) is 6.44. The molecule has 0 aromatic carbocycles. The van der Waals surface area contributed by atoms with Crippen LogP contribution < -0.4 is 0 Å². The van der Waals surface area contributed by atoms with Gasteiger partial charge >= 0.3 is 0 Å². The van der Waals surface area contributed by atoms with Gasteiger partial charge in [0.25, 0.3) is 0 Å². The van der Waals surface area contributed by atoms with E-state index in [0.29, 0.717) is 6.42 Å². The number of hydrogen-bond donors (Lipinski definition) is 2. The Kier molecular flexibility index (Phi) is 6.45. The number of carbonyl (C=O) groups is 1. The van der Waals surface area contributed by atoms with Crippen LogP contribution in [0.2, 0.25) is 0 Å². The van der Waals surface area contributed by atoms with Crippen LogP contribution in [-0.4, -0.2) is 15.8 Å². The van der Waals surface area contributed by atoms with E-state index in [1.165, 1.54) is 19.8 Å². The lowest BCUT2D eigenvalue weighted by molar-refractivity contribution is -0.126. The zero-order chi connectivity index (χ0) is 11.2. The lowest BCUT2D eigenvalue weighted by Crippen LogP contribution is -2.31. The number of unbranched alkanes of at least 4 members (excludes halogenated alkanes) is 2. The largest absolute Gasteiger partial charge is 0.381 e. The molecule has 0 fully saturated rings. The number of carbonyl (C=O) groups excluding carboxylic acids is 1. The van der Waals surface area contributed by atoms with Crippen LogP contribution in [-0.2, 0) is 4.79 Å². The van der Waals surface area contributed by atoms with Gasteiger partial charge < -0.3 is 5.11 Å². The van der Waals surface area contributed by atoms with Gasteiger partial charge in [-0.15, -0.1) is 12.6 Å². The van der Waals surface area contributed by atoms with Crippen LogP contribution in [0.5, 0.6) is 0 Å². The summed E-state index contributed by atoms with van der Waals surface area (Å²) in [6, 6.07) is 0. The number of rotatable bonds is 7. The molecule has 1 unspecified atom stereocenters. The van der Waals surface area contributed by atoms with Crippen LogP contribution in [0, 0.1) is 5.92 Å². The molecule has 3 heteroatoms. The molecule has 0 heterocycles. The summed E-state index contributed by atoms with van der Waals surface area (Å²) >= 11 is 3.65. The highest BCUT2D eigenvalue weighted by atomic mass is 32.1. The molecule has 0 saturated carbocycles. The van der Waals surface area contributed by atoms with Gasteiger partial charge in [0.15, 0.2) is 0 Å². The van der Waals surface area contributed by atoms with Crippen molar-refractivity contribution in [1.82, 2.24) is 0 Å². The molecule has 0 aliphatic heterocycles. The topological polar surface area (TPSA) is 37.3 Å². The minimum absolute atomic E-state index is 0.429. The zero-order valence-electron chi connectivity index (χ0n) is 9.42. The molecule has 1 atom stereocenters. The summed E-state index contributed by atoms with van der Waals surface area (Å²) in [5.74, 6) is 0.738. The quantitative estimate of drug-likeness (QED) is 0.509. The highest BCUT2D eigenvalue weighted by Crippen LogP contribution is 2.18. The fraction of sp³-hybridized carbons (Fsp3) is 0.909. The Morgan fingerprint density at radius 2 is 1.93 bits per heavy atom. The van der Waals surface area contributed by atoms with Gasteiger partial charge in [-0.25, -0.2) is 0 Å². The van der Waals surface area contributed by atoms with E-state index in [4.69, 9.17) is 0 Å². The Labute approximate surface area is 92.5 Å². The molecule has 2 nitrogen and oxygen atoms in total. The summed E-state index contributed by atoms with van der Waals surface area (Å²) in [5.41, 5.74) is -1.24. The van der Waals surface area contributed by atoms with E-state index in [9.17, 15) is 9.90 Å². The van der Waals surface area contributed by atoms with Crippen molar-refractivity contribution in [2.24, 2.45) is 5.92 Å².